The average Bonchev–Trinajstić information content (AvgIpc) is 2.75. The van der Waals surface area contributed by atoms with E-state index >= 15 is 0 Å². The van der Waals surface area contributed by atoms with E-state index in [0.717, 1.165) is 11.4 Å². The summed E-state index contributed by atoms with van der Waals surface area (Å²) in [5.41, 5.74) is 2.09. The molecule has 2 rings (SSSR count). The molecule has 0 saturated heterocycles. The summed E-state index contributed by atoms with van der Waals surface area (Å²) in [5.74, 6) is -0.575. The second-order valence-corrected chi connectivity index (χ2v) is 7.12. The van der Waals surface area contributed by atoms with Crippen molar-refractivity contribution in [3.8, 4) is 0 Å². The van der Waals surface area contributed by atoms with E-state index in [4.69, 9.17) is 9.47 Å². The number of nitrogens with one attached hydrogen (secondary N) is 1. The number of ether oxygens (including phenoxy) is 2. The number of carbonyl (C=O) groups excluding carboxylic acids is 2. The number of methoxy groups -OCH3 is 1. The van der Waals surface area contributed by atoms with Crippen molar-refractivity contribution in [2.24, 2.45) is 0 Å². The van der Waals surface area contributed by atoms with Gasteiger partial charge in [0, 0.05) is 11.9 Å². The molecule has 0 aromatic carbocycles. The number of aryl methyl sites for hydroxylation is 2. The van der Waals surface area contributed by atoms with Gasteiger partial charge in [0.05, 0.1) is 23.0 Å². The molecule has 24 heavy (non-hydrogen) atoms. The molecule has 1 N–H and O–H groups in total. The molecule has 2 heterocycles. The van der Waals surface area contributed by atoms with Crippen LogP contribution in [0.3, 0.4) is 0 Å². The van der Waals surface area contributed by atoms with Crippen LogP contribution in [0, 0.1) is 13.8 Å². The summed E-state index contributed by atoms with van der Waals surface area (Å²) >= 11 is 3.42. The van der Waals surface area contributed by atoms with Crippen LogP contribution in [0.4, 0.5) is 10.5 Å². The van der Waals surface area contributed by atoms with E-state index in [0.29, 0.717) is 10.1 Å². The van der Waals surface area contributed by atoms with Crippen molar-refractivity contribution in [2.45, 2.75) is 40.2 Å². The molecule has 0 saturated carbocycles. The van der Waals surface area contributed by atoms with Gasteiger partial charge in [0.1, 0.15) is 11.2 Å². The topological polar surface area (TPSA) is 81.9 Å². The van der Waals surface area contributed by atoms with Gasteiger partial charge in [0.15, 0.2) is 5.65 Å². The van der Waals surface area contributed by atoms with Crippen LogP contribution in [0.2, 0.25) is 0 Å². The van der Waals surface area contributed by atoms with E-state index in [1.165, 1.54) is 7.11 Å². The molecule has 0 aliphatic heterocycles. The maximum absolute atomic E-state index is 12.1. The molecule has 2 aromatic rings. The van der Waals surface area contributed by atoms with Gasteiger partial charge in [-0.2, -0.15) is 0 Å². The van der Waals surface area contributed by atoms with Crippen molar-refractivity contribution in [2.75, 3.05) is 12.4 Å². The van der Waals surface area contributed by atoms with Crippen LogP contribution in [-0.2, 0) is 9.47 Å². The fraction of sp³-hybridized carbons (Fsp3) is 0.438. The van der Waals surface area contributed by atoms with E-state index in [9.17, 15) is 9.59 Å². The summed E-state index contributed by atoms with van der Waals surface area (Å²) in [6.07, 6.45) is 0.922. The van der Waals surface area contributed by atoms with Crippen LogP contribution in [0.1, 0.15) is 42.5 Å². The summed E-state index contributed by atoms with van der Waals surface area (Å²) in [6, 6.07) is 0. The lowest BCUT2D eigenvalue weighted by molar-refractivity contribution is 0.0601. The molecule has 7 nitrogen and oxygen atoms in total. The Kier molecular flexibility index (Phi) is 4.89. The Labute approximate surface area is 148 Å². The summed E-state index contributed by atoms with van der Waals surface area (Å²) < 4.78 is 12.3. The zero-order chi connectivity index (χ0) is 18.2. The van der Waals surface area contributed by atoms with Gasteiger partial charge in [-0.3, -0.25) is 5.32 Å². The lowest BCUT2D eigenvalue weighted by Gasteiger charge is -2.21. The van der Waals surface area contributed by atoms with E-state index in [2.05, 4.69) is 26.2 Å². The van der Waals surface area contributed by atoms with Gasteiger partial charge in [0.2, 0.25) is 0 Å². The maximum atomic E-state index is 12.1. The Hall–Kier alpha value is -2.09. The monoisotopic (exact) mass is 397 g/mol. The molecule has 2 aromatic heterocycles. The first-order valence-corrected chi connectivity index (χ1v) is 8.10. The number of fused-ring (bicyclic) bond motifs is 1. The standard InChI is InChI=1S/C16H20BrN3O4/c1-8-9(2)20-7-10(14(21)23-6)12(11(17)13(20)18-8)19-15(22)24-16(3,4)5/h7H,1-6H3,(H,19,22). The zero-order valence-corrected chi connectivity index (χ0v) is 16.1. The Bertz CT molecular complexity index is 821. The van der Waals surface area contributed by atoms with Crippen molar-refractivity contribution in [1.29, 1.82) is 0 Å². The highest BCUT2D eigenvalue weighted by Crippen LogP contribution is 2.33. The lowest BCUT2D eigenvalue weighted by Crippen LogP contribution is -2.28. The van der Waals surface area contributed by atoms with Crippen LogP contribution in [0.5, 0.6) is 0 Å². The third-order valence-electron chi connectivity index (χ3n) is 3.36. The fourth-order valence-electron chi connectivity index (χ4n) is 2.16. The van der Waals surface area contributed by atoms with Gasteiger partial charge < -0.3 is 13.9 Å². The van der Waals surface area contributed by atoms with Crippen molar-refractivity contribution < 1.29 is 19.1 Å². The third-order valence-corrected chi connectivity index (χ3v) is 4.11. The number of imidazole rings is 1. The molecule has 0 aliphatic carbocycles. The number of hydrogen-bond donors (Lipinski definition) is 1. The van der Waals surface area contributed by atoms with Crippen molar-refractivity contribution >= 4 is 39.3 Å². The highest BCUT2D eigenvalue weighted by atomic mass is 79.9. The van der Waals surface area contributed by atoms with E-state index < -0.39 is 17.7 Å². The van der Waals surface area contributed by atoms with Gasteiger partial charge in [-0.05, 0) is 50.5 Å². The summed E-state index contributed by atoms with van der Waals surface area (Å²) in [7, 11) is 1.28. The molecule has 130 valence electrons. The second kappa shape index (κ2) is 6.43. The first kappa shape index (κ1) is 18.3. The number of anilines is 1. The molecular weight excluding hydrogens is 378 g/mol. The minimum atomic E-state index is -0.669. The van der Waals surface area contributed by atoms with Gasteiger partial charge in [0.25, 0.3) is 0 Å². The minimum absolute atomic E-state index is 0.197. The van der Waals surface area contributed by atoms with Crippen LogP contribution in [0.15, 0.2) is 10.7 Å². The smallest absolute Gasteiger partial charge is 0.412 e. The number of carbonyl (C=O) groups is 2. The second-order valence-electron chi connectivity index (χ2n) is 6.33. The number of pyridine rings is 1. The Morgan fingerprint density at radius 1 is 1.29 bits per heavy atom. The van der Waals surface area contributed by atoms with Crippen LogP contribution >= 0.6 is 15.9 Å². The minimum Gasteiger partial charge on any atom is -0.465 e. The normalized spacial score (nSPS) is 11.5. The predicted octanol–water partition coefficient (Wildman–Crippen LogP) is 3.85. The largest absolute Gasteiger partial charge is 0.465 e. The number of hydrogen-bond acceptors (Lipinski definition) is 5. The molecule has 0 unspecified atom stereocenters. The number of nitrogens with zero attached hydrogens (tertiary/aromatic N) is 2. The molecule has 0 spiro atoms. The number of rotatable bonds is 2. The number of halogens is 1. The molecule has 0 radical (unpaired) electrons. The highest BCUT2D eigenvalue weighted by molar-refractivity contribution is 9.10. The van der Waals surface area contributed by atoms with Crippen LogP contribution < -0.4 is 5.32 Å². The lowest BCUT2D eigenvalue weighted by atomic mass is 10.2. The van der Waals surface area contributed by atoms with Gasteiger partial charge in [-0.15, -0.1) is 0 Å². The quantitative estimate of drug-likeness (QED) is 0.778. The van der Waals surface area contributed by atoms with E-state index in [1.54, 1.807) is 31.4 Å². The van der Waals surface area contributed by atoms with E-state index in [1.807, 2.05) is 13.8 Å². The maximum Gasteiger partial charge on any atom is 0.412 e. The van der Waals surface area contributed by atoms with Crippen LogP contribution in [0.25, 0.3) is 5.65 Å². The molecule has 0 fully saturated rings. The molecule has 0 aliphatic rings. The SMILES string of the molecule is COC(=O)c1cn2c(C)c(C)nc2c(Br)c1NC(=O)OC(C)(C)C. The Balaban J connectivity index is 2.60. The van der Waals surface area contributed by atoms with Gasteiger partial charge in [-0.1, -0.05) is 0 Å². The van der Waals surface area contributed by atoms with Gasteiger partial charge >= 0.3 is 12.1 Å². The number of amides is 1. The molecule has 0 bridgehead atoms. The Morgan fingerprint density at radius 3 is 2.46 bits per heavy atom. The summed E-state index contributed by atoms with van der Waals surface area (Å²) in [4.78, 5) is 28.7. The molecular formula is C16H20BrN3O4. The zero-order valence-electron chi connectivity index (χ0n) is 14.5. The van der Waals surface area contributed by atoms with Crippen molar-refractivity contribution in [3.63, 3.8) is 0 Å². The average molecular weight is 398 g/mol. The molecule has 8 heteroatoms. The summed E-state index contributed by atoms with van der Waals surface area (Å²) in [6.45, 7) is 9.03. The van der Waals surface area contributed by atoms with Crippen LogP contribution in [-0.4, -0.2) is 34.2 Å². The number of aromatic nitrogens is 2. The Morgan fingerprint density at radius 2 is 1.92 bits per heavy atom. The first-order chi connectivity index (χ1) is 11.0. The fourth-order valence-corrected chi connectivity index (χ4v) is 2.75. The first-order valence-electron chi connectivity index (χ1n) is 7.31. The molecule has 1 amide bonds. The van der Waals surface area contributed by atoms with E-state index in [-0.39, 0.29) is 11.3 Å². The van der Waals surface area contributed by atoms with Crippen molar-refractivity contribution in [3.05, 3.63) is 27.6 Å². The van der Waals surface area contributed by atoms with Crippen molar-refractivity contribution in [1.82, 2.24) is 9.38 Å². The third kappa shape index (κ3) is 3.53. The van der Waals surface area contributed by atoms with Gasteiger partial charge in [-0.25, -0.2) is 14.6 Å². The predicted molar refractivity (Wildman–Crippen MR) is 93.6 cm³/mol. The summed E-state index contributed by atoms with van der Waals surface area (Å²) in [5, 5.41) is 2.61. The molecule has 0 atom stereocenters. The number of esters is 1. The highest BCUT2D eigenvalue weighted by Gasteiger charge is 2.24.